The van der Waals surface area contributed by atoms with E-state index in [0.29, 0.717) is 40.7 Å². The number of aryl methyl sites for hydroxylation is 1. The predicted molar refractivity (Wildman–Crippen MR) is 153 cm³/mol. The zero-order valence-corrected chi connectivity index (χ0v) is 23.4. The number of carbonyl (C=O) groups excluding carboxylic acids is 1. The summed E-state index contributed by atoms with van der Waals surface area (Å²) in [4.78, 5) is 36.5. The molecule has 1 unspecified atom stereocenters. The van der Waals surface area contributed by atoms with Gasteiger partial charge in [0.2, 0.25) is 5.95 Å². The zero-order chi connectivity index (χ0) is 27.8. The normalized spacial score (nSPS) is 13.3. The third-order valence-electron chi connectivity index (χ3n) is 6.64. The molecule has 4 aromatic rings. The summed E-state index contributed by atoms with van der Waals surface area (Å²) in [7, 11) is 3.23. The molecule has 2 amide bonds. The summed E-state index contributed by atoms with van der Waals surface area (Å²) >= 11 is 7.15. The summed E-state index contributed by atoms with van der Waals surface area (Å²) in [6, 6.07) is 11.4. The summed E-state index contributed by atoms with van der Waals surface area (Å²) in [5.41, 5.74) is 4.73. The molecule has 9 nitrogen and oxygen atoms in total. The number of anilines is 2. The van der Waals surface area contributed by atoms with E-state index in [-0.39, 0.29) is 28.6 Å². The first-order valence-electron chi connectivity index (χ1n) is 12.3. The van der Waals surface area contributed by atoms with Crippen LogP contribution in [0.2, 0.25) is 5.15 Å². The van der Waals surface area contributed by atoms with E-state index in [2.05, 4.69) is 20.3 Å². The molecule has 0 spiro atoms. The number of fused-ring (bicyclic) bond motifs is 2. The Labute approximate surface area is 233 Å². The van der Waals surface area contributed by atoms with Crippen molar-refractivity contribution in [2.24, 2.45) is 7.05 Å². The fourth-order valence-electron chi connectivity index (χ4n) is 4.72. The zero-order valence-electron chi connectivity index (χ0n) is 21.8. The van der Waals surface area contributed by atoms with E-state index in [4.69, 9.17) is 16.6 Å². The lowest BCUT2D eigenvalue weighted by atomic mass is 10.0. The highest BCUT2D eigenvalue weighted by molar-refractivity contribution is 7.98. The van der Waals surface area contributed by atoms with E-state index in [0.717, 1.165) is 34.2 Å². The smallest absolute Gasteiger partial charge is 0.324 e. The first kappa shape index (κ1) is 26.8. The van der Waals surface area contributed by atoms with Crippen molar-refractivity contribution < 1.29 is 9.18 Å². The number of urea groups is 1. The van der Waals surface area contributed by atoms with Crippen molar-refractivity contribution in [1.82, 2.24) is 24.6 Å². The highest BCUT2D eigenvalue weighted by Crippen LogP contribution is 2.33. The van der Waals surface area contributed by atoms with Gasteiger partial charge in [-0.1, -0.05) is 23.7 Å². The van der Waals surface area contributed by atoms with Gasteiger partial charge in [0.25, 0.3) is 5.56 Å². The largest absolute Gasteiger partial charge is 0.376 e. The highest BCUT2D eigenvalue weighted by Gasteiger charge is 2.25. The number of hydrogen-bond acceptors (Lipinski definition) is 7. The van der Waals surface area contributed by atoms with Crippen LogP contribution in [0.1, 0.15) is 35.2 Å². The first-order valence-corrected chi connectivity index (χ1v) is 13.4. The number of aromatic nitrogens is 3. The van der Waals surface area contributed by atoms with E-state index >= 15 is 0 Å². The van der Waals surface area contributed by atoms with Crippen LogP contribution in [0.3, 0.4) is 0 Å². The number of pyridine rings is 1. The molecule has 3 N–H and O–H groups in total. The standard InChI is InChI=1S/C27H27ClFN7O2S/c1-14-9-19(15(2)31-21-7-8-22(28)32-24(21)39-34-26(38)30-3)23-20(10-14)25(37)35(4)27(33-23)36-12-16-5-6-18(29)11-17(16)13-36/h5-11,15,31H,12-13H2,1-4H3,(H2,30,34,38). The second-order valence-electron chi connectivity index (χ2n) is 9.43. The van der Waals surface area contributed by atoms with Crippen molar-refractivity contribution in [2.75, 3.05) is 17.3 Å². The molecule has 0 saturated carbocycles. The number of hydrogen-bond donors (Lipinski definition) is 3. The molecule has 2 aromatic carbocycles. The topological polar surface area (TPSA) is 104 Å². The van der Waals surface area contributed by atoms with E-state index in [1.807, 2.05) is 30.9 Å². The van der Waals surface area contributed by atoms with E-state index < -0.39 is 0 Å². The van der Waals surface area contributed by atoms with Crippen LogP contribution in [0.25, 0.3) is 10.9 Å². The van der Waals surface area contributed by atoms with Gasteiger partial charge in [0.05, 0.1) is 22.6 Å². The Morgan fingerprint density at radius 1 is 1.13 bits per heavy atom. The lowest BCUT2D eigenvalue weighted by Crippen LogP contribution is -2.28. The number of nitrogens with one attached hydrogen (secondary N) is 3. The van der Waals surface area contributed by atoms with Crippen LogP contribution >= 0.6 is 23.5 Å². The third-order valence-corrected chi connectivity index (χ3v) is 7.64. The van der Waals surface area contributed by atoms with Gasteiger partial charge in [-0.3, -0.25) is 14.1 Å². The number of rotatable bonds is 6. The van der Waals surface area contributed by atoms with E-state index in [9.17, 15) is 14.0 Å². The van der Waals surface area contributed by atoms with Gasteiger partial charge in [0, 0.05) is 44.7 Å². The van der Waals surface area contributed by atoms with Crippen LogP contribution in [0.5, 0.6) is 0 Å². The van der Waals surface area contributed by atoms with Gasteiger partial charge < -0.3 is 15.5 Å². The lowest BCUT2D eigenvalue weighted by molar-refractivity contribution is 0.248. The number of benzene rings is 2. The van der Waals surface area contributed by atoms with Crippen LogP contribution in [-0.4, -0.2) is 27.6 Å². The highest BCUT2D eigenvalue weighted by atomic mass is 35.5. The molecule has 202 valence electrons. The molecular weight excluding hydrogens is 541 g/mol. The van der Waals surface area contributed by atoms with Crippen molar-refractivity contribution in [2.45, 2.75) is 38.0 Å². The van der Waals surface area contributed by atoms with Crippen LogP contribution in [-0.2, 0) is 20.1 Å². The molecule has 0 radical (unpaired) electrons. The minimum atomic E-state index is -0.371. The molecule has 1 aliphatic heterocycles. The Balaban J connectivity index is 1.53. The van der Waals surface area contributed by atoms with Crippen LogP contribution in [0.4, 0.5) is 20.8 Å². The summed E-state index contributed by atoms with van der Waals surface area (Å²) in [5.74, 6) is 0.231. The molecule has 1 aliphatic rings. The Morgan fingerprint density at radius 3 is 2.67 bits per heavy atom. The van der Waals surface area contributed by atoms with E-state index in [1.54, 1.807) is 29.8 Å². The third kappa shape index (κ3) is 5.37. The summed E-state index contributed by atoms with van der Waals surface area (Å²) in [5, 5.41) is 7.22. The Bertz CT molecular complexity index is 1660. The molecule has 0 aliphatic carbocycles. The predicted octanol–water partition coefficient (Wildman–Crippen LogP) is 5.06. The molecule has 0 saturated heterocycles. The Morgan fingerprint density at radius 2 is 1.90 bits per heavy atom. The van der Waals surface area contributed by atoms with Crippen LogP contribution in [0, 0.1) is 12.7 Å². The van der Waals surface area contributed by atoms with Gasteiger partial charge in [0.1, 0.15) is 16.0 Å². The maximum Gasteiger partial charge on any atom is 0.324 e. The average molecular weight is 568 g/mol. The van der Waals surface area contributed by atoms with Gasteiger partial charge in [-0.2, -0.15) is 0 Å². The number of amides is 2. The van der Waals surface area contributed by atoms with Gasteiger partial charge in [-0.05, 0) is 60.9 Å². The quantitative estimate of drug-likeness (QED) is 0.221. The molecule has 39 heavy (non-hydrogen) atoms. The number of halogens is 2. The van der Waals surface area contributed by atoms with Crippen molar-refractivity contribution in [3.05, 3.63) is 86.0 Å². The van der Waals surface area contributed by atoms with Crippen molar-refractivity contribution in [3.63, 3.8) is 0 Å². The van der Waals surface area contributed by atoms with Crippen LogP contribution in [0.15, 0.2) is 52.3 Å². The molecule has 1 atom stereocenters. The first-order chi connectivity index (χ1) is 18.6. The lowest BCUT2D eigenvalue weighted by Gasteiger charge is -2.23. The monoisotopic (exact) mass is 567 g/mol. The molecule has 3 heterocycles. The average Bonchev–Trinajstić information content (AvgIpc) is 3.33. The Hall–Kier alpha value is -3.83. The minimum Gasteiger partial charge on any atom is -0.376 e. The van der Waals surface area contributed by atoms with Crippen LogP contribution < -0.4 is 25.8 Å². The molecular formula is C27H27ClFN7O2S. The second-order valence-corrected chi connectivity index (χ2v) is 10.6. The van der Waals surface area contributed by atoms with Crippen molar-refractivity contribution in [1.29, 1.82) is 0 Å². The molecule has 5 rings (SSSR count). The minimum absolute atomic E-state index is 0.159. The number of carbonyl (C=O) groups is 1. The molecule has 2 aromatic heterocycles. The van der Waals surface area contributed by atoms with E-state index in [1.165, 1.54) is 19.2 Å². The molecule has 12 heteroatoms. The van der Waals surface area contributed by atoms with Gasteiger partial charge in [-0.15, -0.1) is 0 Å². The van der Waals surface area contributed by atoms with Crippen molar-refractivity contribution >= 4 is 52.1 Å². The van der Waals surface area contributed by atoms with Crippen molar-refractivity contribution in [3.8, 4) is 0 Å². The summed E-state index contributed by atoms with van der Waals surface area (Å²) < 4.78 is 18.0. The van der Waals surface area contributed by atoms with Gasteiger partial charge >= 0.3 is 6.03 Å². The SMILES string of the molecule is CNC(=O)NSc1nc(Cl)ccc1NC(C)c1cc(C)cc2c(=O)n(C)c(N3Cc4ccc(F)cc4C3)nc12. The maximum atomic E-state index is 13.8. The molecule has 0 fully saturated rings. The second kappa shape index (κ2) is 10.7. The molecule has 0 bridgehead atoms. The Kier molecular flexibility index (Phi) is 7.37. The van der Waals surface area contributed by atoms with Gasteiger partial charge in [0.15, 0.2) is 0 Å². The summed E-state index contributed by atoms with van der Waals surface area (Å²) in [6.45, 7) is 4.90. The number of nitrogens with zero attached hydrogens (tertiary/aromatic N) is 4. The fraction of sp³-hybridized carbons (Fsp3) is 0.259. The fourth-order valence-corrected chi connectivity index (χ4v) is 5.59. The van der Waals surface area contributed by atoms with Gasteiger partial charge in [-0.25, -0.2) is 19.2 Å². The maximum absolute atomic E-state index is 13.8. The summed E-state index contributed by atoms with van der Waals surface area (Å²) in [6.07, 6.45) is 0.